The Bertz CT molecular complexity index is 467. The van der Waals surface area contributed by atoms with Crippen LogP contribution in [0.2, 0.25) is 0 Å². The van der Waals surface area contributed by atoms with E-state index in [2.05, 4.69) is 43.2 Å². The molecule has 27 heavy (non-hydrogen) atoms. The minimum Gasteiger partial charge on any atom is -0.299 e. The molecule has 1 heterocycles. The summed E-state index contributed by atoms with van der Waals surface area (Å²) in [5.74, 6) is 0.916. The van der Waals surface area contributed by atoms with Crippen LogP contribution in [0.15, 0.2) is 24.3 Å². The lowest BCUT2D eigenvalue weighted by molar-refractivity contribution is -0.133. The molecule has 154 valence electrons. The molecular weight excluding hydrogens is 330 g/mol. The van der Waals surface area contributed by atoms with Crippen LogP contribution < -0.4 is 0 Å². The van der Waals surface area contributed by atoms with Crippen LogP contribution in [0.1, 0.15) is 103 Å². The van der Waals surface area contributed by atoms with E-state index in [1.54, 1.807) is 0 Å². The Morgan fingerprint density at radius 3 is 2.37 bits per heavy atom. The number of fused-ring (bicyclic) bond motifs is 1. The summed E-state index contributed by atoms with van der Waals surface area (Å²) in [5.41, 5.74) is 0. The Morgan fingerprint density at radius 1 is 0.926 bits per heavy atom. The SMILES string of the molecule is CCCCCC=CCC=CCCCCCC1CC(=O)C2CCCCC2N1C. The second-order valence-electron chi connectivity index (χ2n) is 8.76. The fraction of sp³-hybridized carbons (Fsp3) is 0.800. The van der Waals surface area contributed by atoms with Crippen molar-refractivity contribution in [3.63, 3.8) is 0 Å². The summed E-state index contributed by atoms with van der Waals surface area (Å²) >= 11 is 0. The van der Waals surface area contributed by atoms with Gasteiger partial charge < -0.3 is 0 Å². The fourth-order valence-corrected chi connectivity index (χ4v) is 4.92. The van der Waals surface area contributed by atoms with Crippen molar-refractivity contribution in [3.8, 4) is 0 Å². The molecule has 0 amide bonds. The van der Waals surface area contributed by atoms with Crippen LogP contribution in [0, 0.1) is 5.92 Å². The molecule has 2 nitrogen and oxygen atoms in total. The van der Waals surface area contributed by atoms with Crippen molar-refractivity contribution in [1.82, 2.24) is 4.90 Å². The first-order valence-corrected chi connectivity index (χ1v) is 11.8. The maximum absolute atomic E-state index is 12.5. The van der Waals surface area contributed by atoms with E-state index >= 15 is 0 Å². The topological polar surface area (TPSA) is 20.3 Å². The molecule has 0 spiro atoms. The predicted octanol–water partition coefficient (Wildman–Crippen LogP) is 6.85. The van der Waals surface area contributed by atoms with E-state index in [4.69, 9.17) is 0 Å². The van der Waals surface area contributed by atoms with Gasteiger partial charge in [0.2, 0.25) is 0 Å². The molecule has 0 aromatic rings. The van der Waals surface area contributed by atoms with Gasteiger partial charge in [0.15, 0.2) is 0 Å². The van der Waals surface area contributed by atoms with Crippen molar-refractivity contribution < 1.29 is 4.79 Å². The Balaban J connectivity index is 1.51. The molecular formula is C25H43NO. The van der Waals surface area contributed by atoms with Gasteiger partial charge in [-0.1, -0.05) is 69.8 Å². The van der Waals surface area contributed by atoms with E-state index in [1.165, 1.54) is 77.0 Å². The smallest absolute Gasteiger partial charge is 0.139 e. The number of hydrogen-bond donors (Lipinski definition) is 0. The summed E-state index contributed by atoms with van der Waals surface area (Å²) in [6, 6.07) is 1.05. The maximum Gasteiger partial charge on any atom is 0.139 e. The largest absolute Gasteiger partial charge is 0.299 e. The van der Waals surface area contributed by atoms with Gasteiger partial charge >= 0.3 is 0 Å². The second kappa shape index (κ2) is 13.3. The number of rotatable bonds is 12. The monoisotopic (exact) mass is 373 g/mol. The highest BCUT2D eigenvalue weighted by atomic mass is 16.1. The molecule has 1 saturated heterocycles. The second-order valence-corrected chi connectivity index (χ2v) is 8.76. The lowest BCUT2D eigenvalue weighted by atomic mass is 9.75. The molecule has 2 aliphatic rings. The highest BCUT2D eigenvalue weighted by Gasteiger charge is 2.40. The zero-order valence-corrected chi connectivity index (χ0v) is 18.0. The van der Waals surface area contributed by atoms with E-state index in [0.717, 1.165) is 19.3 Å². The summed E-state index contributed by atoms with van der Waals surface area (Å²) in [6.45, 7) is 2.26. The Kier molecular flexibility index (Phi) is 11.0. The molecule has 0 aromatic carbocycles. The van der Waals surface area contributed by atoms with Crippen LogP contribution in [0.3, 0.4) is 0 Å². The van der Waals surface area contributed by atoms with Gasteiger partial charge in [-0.2, -0.15) is 0 Å². The average Bonchev–Trinajstić information content (AvgIpc) is 2.69. The maximum atomic E-state index is 12.5. The third-order valence-corrected chi connectivity index (χ3v) is 6.67. The van der Waals surface area contributed by atoms with Crippen LogP contribution in [0.5, 0.6) is 0 Å². The molecule has 2 fully saturated rings. The first kappa shape index (κ1) is 22.4. The Labute approximate surface area is 168 Å². The minimum atomic E-state index is 0.353. The van der Waals surface area contributed by atoms with Crippen molar-refractivity contribution in [2.24, 2.45) is 5.92 Å². The van der Waals surface area contributed by atoms with Crippen molar-refractivity contribution in [2.75, 3.05) is 7.05 Å². The van der Waals surface area contributed by atoms with E-state index < -0.39 is 0 Å². The normalized spacial score (nSPS) is 26.9. The number of unbranched alkanes of at least 4 members (excludes halogenated alkanes) is 6. The summed E-state index contributed by atoms with van der Waals surface area (Å²) in [4.78, 5) is 15.0. The Morgan fingerprint density at radius 2 is 1.63 bits per heavy atom. The number of Topliss-reactive ketones (excluding diaryl/α,β-unsaturated/α-hetero) is 1. The number of likely N-dealkylation sites (tertiary alicyclic amines) is 1. The molecule has 3 atom stereocenters. The number of carbonyl (C=O) groups is 1. The third-order valence-electron chi connectivity index (χ3n) is 6.67. The van der Waals surface area contributed by atoms with Gasteiger partial charge in [0.1, 0.15) is 5.78 Å². The Hall–Kier alpha value is -0.890. The van der Waals surface area contributed by atoms with Crippen molar-refractivity contribution in [2.45, 2.75) is 115 Å². The van der Waals surface area contributed by atoms with Crippen molar-refractivity contribution >= 4 is 5.78 Å². The summed E-state index contributed by atoms with van der Waals surface area (Å²) in [6.07, 6.45) is 27.6. The van der Waals surface area contributed by atoms with Crippen LogP contribution in [-0.2, 0) is 4.79 Å². The summed E-state index contributed by atoms with van der Waals surface area (Å²) in [7, 11) is 2.28. The molecule has 1 aliphatic carbocycles. The van der Waals surface area contributed by atoms with Gasteiger partial charge in [-0.05, 0) is 58.4 Å². The minimum absolute atomic E-state index is 0.353. The van der Waals surface area contributed by atoms with Crippen LogP contribution in [0.4, 0.5) is 0 Å². The van der Waals surface area contributed by atoms with E-state index in [-0.39, 0.29) is 0 Å². The number of piperidine rings is 1. The van der Waals surface area contributed by atoms with Crippen LogP contribution in [0.25, 0.3) is 0 Å². The fourth-order valence-electron chi connectivity index (χ4n) is 4.92. The zero-order valence-electron chi connectivity index (χ0n) is 18.0. The van der Waals surface area contributed by atoms with Gasteiger partial charge in [-0.3, -0.25) is 9.69 Å². The zero-order chi connectivity index (χ0) is 19.3. The highest BCUT2D eigenvalue weighted by Crippen LogP contribution is 2.36. The lowest BCUT2D eigenvalue weighted by Gasteiger charge is -2.46. The van der Waals surface area contributed by atoms with Crippen LogP contribution >= 0.6 is 0 Å². The van der Waals surface area contributed by atoms with Gasteiger partial charge in [-0.25, -0.2) is 0 Å². The molecule has 0 bridgehead atoms. The molecule has 1 saturated carbocycles. The molecule has 2 rings (SSSR count). The highest BCUT2D eigenvalue weighted by molar-refractivity contribution is 5.83. The third kappa shape index (κ3) is 7.94. The van der Waals surface area contributed by atoms with Crippen LogP contribution in [-0.4, -0.2) is 29.8 Å². The average molecular weight is 374 g/mol. The quantitative estimate of drug-likeness (QED) is 0.275. The molecule has 0 N–H and O–H groups in total. The number of allylic oxidation sites excluding steroid dienone is 4. The number of carbonyl (C=O) groups excluding carboxylic acids is 1. The molecule has 1 aliphatic heterocycles. The standard InChI is InChI=1S/C25H43NO/c1-3-4-5-6-7-8-9-10-11-12-13-14-15-18-22-21-25(27)23-19-16-17-20-24(23)26(22)2/h7-8,10-11,22-24H,3-6,9,12-21H2,1-2H3. The summed E-state index contributed by atoms with van der Waals surface area (Å²) < 4.78 is 0. The number of nitrogens with zero attached hydrogens (tertiary/aromatic N) is 1. The number of hydrogen-bond acceptors (Lipinski definition) is 2. The van der Waals surface area contributed by atoms with Gasteiger partial charge in [-0.15, -0.1) is 0 Å². The summed E-state index contributed by atoms with van der Waals surface area (Å²) in [5, 5.41) is 0. The van der Waals surface area contributed by atoms with E-state index in [1.807, 2.05) is 0 Å². The first-order valence-electron chi connectivity index (χ1n) is 11.8. The van der Waals surface area contributed by atoms with Gasteiger partial charge in [0.25, 0.3) is 0 Å². The molecule has 0 aromatic heterocycles. The van der Waals surface area contributed by atoms with E-state index in [0.29, 0.717) is 23.8 Å². The van der Waals surface area contributed by atoms with Gasteiger partial charge in [0, 0.05) is 24.4 Å². The van der Waals surface area contributed by atoms with Gasteiger partial charge in [0.05, 0.1) is 0 Å². The van der Waals surface area contributed by atoms with E-state index in [9.17, 15) is 4.79 Å². The molecule has 3 unspecified atom stereocenters. The van der Waals surface area contributed by atoms with Crippen molar-refractivity contribution in [3.05, 3.63) is 24.3 Å². The lowest BCUT2D eigenvalue weighted by Crippen LogP contribution is -2.53. The molecule has 0 radical (unpaired) electrons. The first-order chi connectivity index (χ1) is 13.2. The predicted molar refractivity (Wildman–Crippen MR) is 117 cm³/mol. The molecule has 2 heteroatoms. The van der Waals surface area contributed by atoms with Crippen molar-refractivity contribution in [1.29, 1.82) is 0 Å². The number of ketones is 1.